The van der Waals surface area contributed by atoms with Crippen molar-refractivity contribution in [3.8, 4) is 0 Å². The van der Waals surface area contributed by atoms with Crippen molar-refractivity contribution >= 4 is 37.8 Å². The summed E-state index contributed by atoms with van der Waals surface area (Å²) >= 11 is 6.77. The van der Waals surface area contributed by atoms with Gasteiger partial charge in [-0.2, -0.15) is 0 Å². The average Bonchev–Trinajstić information content (AvgIpc) is 2.32. The first-order valence-electron chi connectivity index (χ1n) is 6.28. The average molecular weight is 393 g/mol. The van der Waals surface area contributed by atoms with Crippen LogP contribution in [-0.2, 0) is 4.74 Å². The lowest BCUT2D eigenvalue weighted by Crippen LogP contribution is -2.41. The van der Waals surface area contributed by atoms with Gasteiger partial charge < -0.3 is 10.1 Å². The quantitative estimate of drug-likeness (QED) is 0.794. The molecule has 1 atom stereocenters. The van der Waals surface area contributed by atoms with E-state index in [4.69, 9.17) is 4.74 Å². The maximum Gasteiger partial charge on any atom is 0.251 e. The minimum absolute atomic E-state index is 0.0187. The van der Waals surface area contributed by atoms with E-state index in [1.165, 1.54) is 0 Å². The van der Waals surface area contributed by atoms with Gasteiger partial charge in [-0.15, -0.1) is 0 Å². The number of rotatable bonds is 6. The number of carbonyl (C=O) groups is 1. The summed E-state index contributed by atoms with van der Waals surface area (Å²) in [6.45, 7) is 7.28. The molecule has 106 valence electrons. The van der Waals surface area contributed by atoms with E-state index in [0.717, 1.165) is 8.95 Å². The summed E-state index contributed by atoms with van der Waals surface area (Å²) in [5, 5.41) is 3.02. The molecule has 0 spiro atoms. The third-order valence-corrected chi connectivity index (χ3v) is 3.66. The molecule has 3 nitrogen and oxygen atoms in total. The van der Waals surface area contributed by atoms with E-state index in [-0.39, 0.29) is 11.9 Å². The Balaban J connectivity index is 2.75. The largest absolute Gasteiger partial charge is 0.380 e. The number of hydrogen-bond donors (Lipinski definition) is 1. The Morgan fingerprint density at radius 2 is 1.84 bits per heavy atom. The van der Waals surface area contributed by atoms with Crippen molar-refractivity contribution in [2.75, 3.05) is 13.2 Å². The molecule has 0 fully saturated rings. The van der Waals surface area contributed by atoms with Gasteiger partial charge in [0.2, 0.25) is 0 Å². The van der Waals surface area contributed by atoms with Gasteiger partial charge in [0, 0.05) is 21.1 Å². The molecule has 19 heavy (non-hydrogen) atoms. The van der Waals surface area contributed by atoms with Crippen molar-refractivity contribution in [3.05, 3.63) is 32.7 Å². The van der Waals surface area contributed by atoms with Crippen LogP contribution >= 0.6 is 31.9 Å². The highest BCUT2D eigenvalue weighted by Crippen LogP contribution is 2.20. The number of amides is 1. The molecule has 0 aliphatic carbocycles. The van der Waals surface area contributed by atoms with Crippen LogP contribution in [0.25, 0.3) is 0 Å². The van der Waals surface area contributed by atoms with Gasteiger partial charge in [-0.3, -0.25) is 4.79 Å². The lowest BCUT2D eigenvalue weighted by atomic mass is 10.0. The maximum atomic E-state index is 12.2. The number of benzene rings is 1. The van der Waals surface area contributed by atoms with E-state index in [0.29, 0.717) is 24.7 Å². The summed E-state index contributed by atoms with van der Waals surface area (Å²) in [5.41, 5.74) is 0.628. The molecule has 0 radical (unpaired) electrons. The fourth-order valence-electron chi connectivity index (χ4n) is 1.58. The normalized spacial score (nSPS) is 12.5. The van der Waals surface area contributed by atoms with Crippen LogP contribution in [-0.4, -0.2) is 25.2 Å². The van der Waals surface area contributed by atoms with E-state index in [1.54, 1.807) is 12.1 Å². The number of carbonyl (C=O) groups excluding carboxylic acids is 1. The van der Waals surface area contributed by atoms with Gasteiger partial charge in [-0.25, -0.2) is 0 Å². The standard InChI is InChI=1S/C14H19Br2NO2/c1-4-19-8-13(9(2)3)17-14(18)10-5-11(15)7-12(16)6-10/h5-7,9,13H,4,8H2,1-3H3,(H,17,18). The summed E-state index contributed by atoms with van der Waals surface area (Å²) < 4.78 is 7.15. The minimum atomic E-state index is -0.0830. The SMILES string of the molecule is CCOCC(NC(=O)c1cc(Br)cc(Br)c1)C(C)C. The van der Waals surface area contributed by atoms with Crippen LogP contribution in [0.5, 0.6) is 0 Å². The molecule has 0 saturated heterocycles. The van der Waals surface area contributed by atoms with Gasteiger partial charge in [-0.05, 0) is 31.0 Å². The molecule has 1 aromatic carbocycles. The Hall–Kier alpha value is -0.390. The van der Waals surface area contributed by atoms with E-state index in [9.17, 15) is 4.79 Å². The molecule has 1 aromatic rings. The molecule has 1 rings (SSSR count). The molecule has 0 bridgehead atoms. The molecule has 0 heterocycles. The number of hydrogen-bond acceptors (Lipinski definition) is 2. The van der Waals surface area contributed by atoms with Crippen LogP contribution < -0.4 is 5.32 Å². The number of halogens is 2. The van der Waals surface area contributed by atoms with Crippen LogP contribution in [0.3, 0.4) is 0 Å². The second kappa shape index (κ2) is 8.02. The Labute approximate surface area is 131 Å². The van der Waals surface area contributed by atoms with Gasteiger partial charge in [-0.1, -0.05) is 45.7 Å². The monoisotopic (exact) mass is 391 g/mol. The molecule has 1 N–H and O–H groups in total. The van der Waals surface area contributed by atoms with Gasteiger partial charge in [0.05, 0.1) is 12.6 Å². The van der Waals surface area contributed by atoms with Crippen molar-refractivity contribution in [2.45, 2.75) is 26.8 Å². The predicted molar refractivity (Wildman–Crippen MR) is 84.4 cm³/mol. The maximum absolute atomic E-state index is 12.2. The summed E-state index contributed by atoms with van der Waals surface area (Å²) in [7, 11) is 0. The third-order valence-electron chi connectivity index (χ3n) is 2.75. The molecule has 1 amide bonds. The lowest BCUT2D eigenvalue weighted by Gasteiger charge is -2.22. The number of ether oxygens (including phenoxy) is 1. The molecular weight excluding hydrogens is 374 g/mol. The van der Waals surface area contributed by atoms with Crippen molar-refractivity contribution in [1.29, 1.82) is 0 Å². The highest BCUT2D eigenvalue weighted by Gasteiger charge is 2.17. The van der Waals surface area contributed by atoms with E-state index < -0.39 is 0 Å². The van der Waals surface area contributed by atoms with E-state index in [2.05, 4.69) is 51.0 Å². The first kappa shape index (κ1) is 16.7. The second-order valence-corrected chi connectivity index (χ2v) is 6.47. The molecule has 0 aliphatic heterocycles. The van der Waals surface area contributed by atoms with Gasteiger partial charge in [0.25, 0.3) is 5.91 Å². The molecular formula is C14H19Br2NO2. The van der Waals surface area contributed by atoms with Crippen LogP contribution in [0, 0.1) is 5.92 Å². The topological polar surface area (TPSA) is 38.3 Å². The van der Waals surface area contributed by atoms with Gasteiger partial charge >= 0.3 is 0 Å². The van der Waals surface area contributed by atoms with Crippen molar-refractivity contribution in [2.24, 2.45) is 5.92 Å². The van der Waals surface area contributed by atoms with Gasteiger partial charge in [0.15, 0.2) is 0 Å². The second-order valence-electron chi connectivity index (χ2n) is 4.64. The number of nitrogens with one attached hydrogen (secondary N) is 1. The fraction of sp³-hybridized carbons (Fsp3) is 0.500. The minimum Gasteiger partial charge on any atom is -0.380 e. The smallest absolute Gasteiger partial charge is 0.251 e. The van der Waals surface area contributed by atoms with Crippen molar-refractivity contribution in [3.63, 3.8) is 0 Å². The summed E-state index contributed by atoms with van der Waals surface area (Å²) in [6, 6.07) is 5.53. The van der Waals surface area contributed by atoms with E-state index >= 15 is 0 Å². The van der Waals surface area contributed by atoms with Crippen molar-refractivity contribution in [1.82, 2.24) is 5.32 Å². The Kier molecular flexibility index (Phi) is 7.04. The van der Waals surface area contributed by atoms with E-state index in [1.807, 2.05) is 13.0 Å². The van der Waals surface area contributed by atoms with Crippen molar-refractivity contribution < 1.29 is 9.53 Å². The third kappa shape index (κ3) is 5.63. The highest BCUT2D eigenvalue weighted by atomic mass is 79.9. The summed E-state index contributed by atoms with van der Waals surface area (Å²) in [6.07, 6.45) is 0. The van der Waals surface area contributed by atoms with Crippen LogP contribution in [0.4, 0.5) is 0 Å². The molecule has 0 aliphatic rings. The fourth-order valence-corrected chi connectivity index (χ4v) is 2.88. The molecule has 0 saturated carbocycles. The zero-order valence-corrected chi connectivity index (χ0v) is 14.5. The molecule has 5 heteroatoms. The summed E-state index contributed by atoms with van der Waals surface area (Å²) in [5.74, 6) is 0.242. The summed E-state index contributed by atoms with van der Waals surface area (Å²) in [4.78, 5) is 12.2. The first-order valence-corrected chi connectivity index (χ1v) is 7.87. The first-order chi connectivity index (χ1) is 8.93. The highest BCUT2D eigenvalue weighted by molar-refractivity contribution is 9.11. The Morgan fingerprint density at radius 3 is 2.32 bits per heavy atom. The molecule has 0 aromatic heterocycles. The lowest BCUT2D eigenvalue weighted by molar-refractivity contribution is 0.0806. The zero-order chi connectivity index (χ0) is 14.4. The Bertz CT molecular complexity index is 415. The van der Waals surface area contributed by atoms with Gasteiger partial charge in [0.1, 0.15) is 0 Å². The zero-order valence-electron chi connectivity index (χ0n) is 11.4. The molecule has 1 unspecified atom stereocenters. The Morgan fingerprint density at radius 1 is 1.26 bits per heavy atom. The van der Waals surface area contributed by atoms with Crippen LogP contribution in [0.15, 0.2) is 27.1 Å². The predicted octanol–water partition coefficient (Wildman–Crippen LogP) is 4.00. The van der Waals surface area contributed by atoms with Crippen LogP contribution in [0.1, 0.15) is 31.1 Å². The van der Waals surface area contributed by atoms with Crippen LogP contribution in [0.2, 0.25) is 0 Å².